The van der Waals surface area contributed by atoms with Crippen LogP contribution in [0.3, 0.4) is 0 Å². The molecule has 1 aromatic heterocycles. The van der Waals surface area contributed by atoms with E-state index in [1.807, 2.05) is 41.8 Å². The van der Waals surface area contributed by atoms with Crippen molar-refractivity contribution in [3.05, 3.63) is 60.2 Å². The Hall–Kier alpha value is -3.37. The minimum atomic E-state index is -0.576. The van der Waals surface area contributed by atoms with Crippen LogP contribution in [0.1, 0.15) is 12.5 Å². The quantitative estimate of drug-likeness (QED) is 0.538. The fourth-order valence-corrected chi connectivity index (χ4v) is 4.20. The number of benzene rings is 2. The maximum absolute atomic E-state index is 12.7. The molecular formula is C23H26N6O3S. The molecule has 2 heterocycles. The largest absolute Gasteiger partial charge is 0.378 e. The van der Waals surface area contributed by atoms with Crippen molar-refractivity contribution in [2.45, 2.75) is 24.3 Å². The summed E-state index contributed by atoms with van der Waals surface area (Å²) in [5, 5.41) is 13.8. The van der Waals surface area contributed by atoms with E-state index in [9.17, 15) is 9.59 Å². The van der Waals surface area contributed by atoms with Crippen molar-refractivity contribution in [3.8, 4) is 5.69 Å². The Balaban J connectivity index is 1.50. The average Bonchev–Trinajstić information content (AvgIpc) is 3.24. The molecule has 2 aromatic carbocycles. The summed E-state index contributed by atoms with van der Waals surface area (Å²) in [6, 6.07) is 16.4. The Morgan fingerprint density at radius 2 is 1.73 bits per heavy atom. The van der Waals surface area contributed by atoms with E-state index in [2.05, 4.69) is 25.7 Å². The number of para-hydroxylation sites is 1. The summed E-state index contributed by atoms with van der Waals surface area (Å²) >= 11 is 1.25. The number of hydrogen-bond acceptors (Lipinski definition) is 7. The molecule has 1 unspecified atom stereocenters. The van der Waals surface area contributed by atoms with Crippen LogP contribution >= 0.6 is 11.8 Å². The summed E-state index contributed by atoms with van der Waals surface area (Å²) in [4.78, 5) is 27.0. The second-order valence-corrected chi connectivity index (χ2v) is 8.93. The van der Waals surface area contributed by atoms with Crippen LogP contribution in [-0.2, 0) is 9.53 Å². The van der Waals surface area contributed by atoms with E-state index in [0.717, 1.165) is 11.3 Å². The number of aryl methyl sites for hydroxylation is 1. The molecule has 9 nitrogen and oxygen atoms in total. The number of amides is 3. The van der Waals surface area contributed by atoms with Crippen LogP contribution in [0.2, 0.25) is 0 Å². The van der Waals surface area contributed by atoms with Crippen LogP contribution in [0.25, 0.3) is 5.69 Å². The molecular weight excluding hydrogens is 440 g/mol. The van der Waals surface area contributed by atoms with Gasteiger partial charge in [0.1, 0.15) is 0 Å². The van der Waals surface area contributed by atoms with Gasteiger partial charge >= 0.3 is 6.03 Å². The lowest BCUT2D eigenvalue weighted by molar-refractivity contribution is -0.119. The maximum Gasteiger partial charge on any atom is 0.325 e. The molecule has 0 radical (unpaired) electrons. The number of ether oxygens (including phenoxy) is 1. The highest BCUT2D eigenvalue weighted by Crippen LogP contribution is 2.30. The number of urea groups is 1. The zero-order valence-corrected chi connectivity index (χ0v) is 19.3. The average molecular weight is 467 g/mol. The van der Waals surface area contributed by atoms with E-state index in [1.165, 1.54) is 11.8 Å². The summed E-state index contributed by atoms with van der Waals surface area (Å²) in [6.45, 7) is 6.44. The van der Waals surface area contributed by atoms with E-state index in [1.54, 1.807) is 31.2 Å². The van der Waals surface area contributed by atoms with E-state index in [0.29, 0.717) is 43.1 Å². The second-order valence-electron chi connectivity index (χ2n) is 7.62. The number of morpholine rings is 1. The number of aromatic nitrogens is 3. The van der Waals surface area contributed by atoms with Gasteiger partial charge in [-0.3, -0.25) is 14.7 Å². The molecule has 4 rings (SSSR count). The van der Waals surface area contributed by atoms with Crippen molar-refractivity contribution in [3.63, 3.8) is 0 Å². The third-order valence-electron chi connectivity index (χ3n) is 5.12. The minimum Gasteiger partial charge on any atom is -0.378 e. The number of hydrogen-bond donors (Lipinski definition) is 2. The predicted octanol–water partition coefficient (Wildman–Crippen LogP) is 3.24. The standard InChI is InChI=1S/C23H26N6O3S/c1-16-8-10-19(11-9-16)29-22(28-12-14-32-15-13-28)26-27-23(29)33-17(2)20(30)25-21(31)24-18-6-4-3-5-7-18/h3-11,17H,12-15H2,1-2H3,(H2,24,25,30,31). The Morgan fingerprint density at radius 1 is 1.03 bits per heavy atom. The molecule has 33 heavy (non-hydrogen) atoms. The monoisotopic (exact) mass is 466 g/mol. The molecule has 1 aliphatic rings. The van der Waals surface area contributed by atoms with Crippen molar-refractivity contribution in [2.75, 3.05) is 36.5 Å². The van der Waals surface area contributed by atoms with Gasteiger partial charge in [0, 0.05) is 18.8 Å². The molecule has 2 N–H and O–H groups in total. The molecule has 1 aliphatic heterocycles. The maximum atomic E-state index is 12.7. The Bertz CT molecular complexity index is 1100. The number of thioether (sulfide) groups is 1. The number of nitrogens with zero attached hydrogens (tertiary/aromatic N) is 4. The van der Waals surface area contributed by atoms with Gasteiger partial charge in [0.2, 0.25) is 11.9 Å². The predicted molar refractivity (Wildman–Crippen MR) is 128 cm³/mol. The molecule has 10 heteroatoms. The first-order valence-corrected chi connectivity index (χ1v) is 11.6. The Kier molecular flexibility index (Phi) is 7.26. The van der Waals surface area contributed by atoms with Crippen molar-refractivity contribution >= 4 is 35.3 Å². The summed E-state index contributed by atoms with van der Waals surface area (Å²) in [6.07, 6.45) is 0. The minimum absolute atomic E-state index is 0.417. The SMILES string of the molecule is Cc1ccc(-n2c(SC(C)C(=O)NC(=O)Nc3ccccc3)nnc2N2CCOCC2)cc1. The topological polar surface area (TPSA) is 101 Å². The molecule has 1 fully saturated rings. The van der Waals surface area contributed by atoms with Crippen molar-refractivity contribution in [1.82, 2.24) is 20.1 Å². The molecule has 3 amide bonds. The normalized spacial score (nSPS) is 14.5. The summed E-state index contributed by atoms with van der Waals surface area (Å²) in [5.41, 5.74) is 2.66. The summed E-state index contributed by atoms with van der Waals surface area (Å²) < 4.78 is 7.42. The molecule has 0 saturated carbocycles. The summed E-state index contributed by atoms with van der Waals surface area (Å²) in [7, 11) is 0. The number of nitrogens with one attached hydrogen (secondary N) is 2. The molecule has 1 saturated heterocycles. The smallest absolute Gasteiger partial charge is 0.325 e. The van der Waals surface area contributed by atoms with Crippen LogP contribution in [0.5, 0.6) is 0 Å². The van der Waals surface area contributed by atoms with Gasteiger partial charge in [-0.05, 0) is 38.1 Å². The Morgan fingerprint density at radius 3 is 2.42 bits per heavy atom. The molecule has 3 aromatic rings. The fourth-order valence-electron chi connectivity index (χ4n) is 3.34. The van der Waals surface area contributed by atoms with Crippen LogP contribution in [0.4, 0.5) is 16.4 Å². The lowest BCUT2D eigenvalue weighted by atomic mass is 10.2. The van der Waals surface area contributed by atoms with Gasteiger partial charge in [0.15, 0.2) is 5.16 Å². The van der Waals surface area contributed by atoms with Gasteiger partial charge < -0.3 is 15.0 Å². The number of imide groups is 1. The summed E-state index contributed by atoms with van der Waals surface area (Å²) in [5.74, 6) is 0.291. The van der Waals surface area contributed by atoms with Crippen molar-refractivity contribution in [2.24, 2.45) is 0 Å². The lowest BCUT2D eigenvalue weighted by Crippen LogP contribution is -2.39. The lowest BCUT2D eigenvalue weighted by Gasteiger charge is -2.28. The van der Waals surface area contributed by atoms with Gasteiger partial charge in [0.25, 0.3) is 0 Å². The molecule has 0 spiro atoms. The Labute approximate surface area is 196 Å². The number of anilines is 2. The van der Waals surface area contributed by atoms with Crippen LogP contribution in [0, 0.1) is 6.92 Å². The second kappa shape index (κ2) is 10.5. The number of carbonyl (C=O) groups excluding carboxylic acids is 2. The molecule has 0 bridgehead atoms. The van der Waals surface area contributed by atoms with Crippen LogP contribution < -0.4 is 15.5 Å². The molecule has 0 aliphatic carbocycles. The van der Waals surface area contributed by atoms with Crippen LogP contribution in [-0.4, -0.2) is 58.3 Å². The van der Waals surface area contributed by atoms with Gasteiger partial charge in [-0.2, -0.15) is 0 Å². The van der Waals surface area contributed by atoms with E-state index < -0.39 is 17.2 Å². The first kappa shape index (κ1) is 22.8. The molecule has 1 atom stereocenters. The van der Waals surface area contributed by atoms with Crippen molar-refractivity contribution < 1.29 is 14.3 Å². The zero-order chi connectivity index (χ0) is 23.2. The van der Waals surface area contributed by atoms with Gasteiger partial charge in [0.05, 0.1) is 24.2 Å². The molecule has 172 valence electrons. The third kappa shape index (κ3) is 5.71. The first-order valence-electron chi connectivity index (χ1n) is 10.7. The highest BCUT2D eigenvalue weighted by molar-refractivity contribution is 8.00. The van der Waals surface area contributed by atoms with E-state index >= 15 is 0 Å². The third-order valence-corrected chi connectivity index (χ3v) is 6.16. The van der Waals surface area contributed by atoms with Gasteiger partial charge in [-0.25, -0.2) is 4.79 Å². The van der Waals surface area contributed by atoms with Crippen LogP contribution in [0.15, 0.2) is 59.8 Å². The van der Waals surface area contributed by atoms with Crippen molar-refractivity contribution in [1.29, 1.82) is 0 Å². The number of rotatable bonds is 6. The fraction of sp³-hybridized carbons (Fsp3) is 0.304. The van der Waals surface area contributed by atoms with E-state index in [-0.39, 0.29) is 0 Å². The first-order chi connectivity index (χ1) is 16.0. The van der Waals surface area contributed by atoms with E-state index in [4.69, 9.17) is 4.74 Å². The van der Waals surface area contributed by atoms with Gasteiger partial charge in [-0.15, -0.1) is 10.2 Å². The zero-order valence-electron chi connectivity index (χ0n) is 18.5. The van der Waals surface area contributed by atoms with Gasteiger partial charge in [-0.1, -0.05) is 47.7 Å². The highest BCUT2D eigenvalue weighted by Gasteiger charge is 2.25. The number of carbonyl (C=O) groups is 2. The highest BCUT2D eigenvalue weighted by atomic mass is 32.2.